The van der Waals surface area contributed by atoms with Crippen LogP contribution in [-0.2, 0) is 17.7 Å². The van der Waals surface area contributed by atoms with Crippen LogP contribution in [0.1, 0.15) is 30.9 Å². The SMILES string of the molecule is CC1(CNCc2ccccc2CCN)CCOCC1. The number of ether oxygens (including phenoxy) is 1. The average Bonchev–Trinajstić information content (AvgIpc) is 2.42. The van der Waals surface area contributed by atoms with Crippen LogP contribution in [0.25, 0.3) is 0 Å². The van der Waals surface area contributed by atoms with Crippen molar-refractivity contribution in [3.05, 3.63) is 35.4 Å². The Bertz CT molecular complexity index is 386. The number of hydrogen-bond donors (Lipinski definition) is 2. The Kier molecular flexibility index (Phi) is 5.37. The van der Waals surface area contributed by atoms with E-state index in [4.69, 9.17) is 10.5 Å². The summed E-state index contributed by atoms with van der Waals surface area (Å²) in [6, 6.07) is 8.58. The van der Waals surface area contributed by atoms with Crippen molar-refractivity contribution < 1.29 is 4.74 Å². The maximum Gasteiger partial charge on any atom is 0.0471 e. The number of rotatable bonds is 6. The molecule has 1 saturated heterocycles. The molecule has 0 amide bonds. The maximum absolute atomic E-state index is 5.66. The van der Waals surface area contributed by atoms with E-state index in [1.807, 2.05) is 0 Å². The second-order valence-electron chi connectivity index (χ2n) is 5.83. The van der Waals surface area contributed by atoms with E-state index in [-0.39, 0.29) is 0 Å². The largest absolute Gasteiger partial charge is 0.381 e. The molecule has 0 bridgehead atoms. The molecule has 1 aromatic carbocycles. The Balaban J connectivity index is 1.85. The fraction of sp³-hybridized carbons (Fsp3) is 0.625. The molecule has 0 aromatic heterocycles. The maximum atomic E-state index is 5.66. The third-order valence-corrected chi connectivity index (χ3v) is 4.10. The van der Waals surface area contributed by atoms with Crippen LogP contribution in [-0.4, -0.2) is 26.3 Å². The van der Waals surface area contributed by atoms with Gasteiger partial charge in [0.1, 0.15) is 0 Å². The van der Waals surface area contributed by atoms with Gasteiger partial charge in [-0.3, -0.25) is 0 Å². The van der Waals surface area contributed by atoms with E-state index < -0.39 is 0 Å². The fourth-order valence-electron chi connectivity index (χ4n) is 2.67. The van der Waals surface area contributed by atoms with Gasteiger partial charge in [-0.1, -0.05) is 31.2 Å². The first kappa shape index (κ1) is 14.5. The lowest BCUT2D eigenvalue weighted by Gasteiger charge is -2.33. The van der Waals surface area contributed by atoms with Gasteiger partial charge in [0, 0.05) is 26.3 Å². The fourth-order valence-corrected chi connectivity index (χ4v) is 2.67. The highest BCUT2D eigenvalue weighted by molar-refractivity contribution is 5.27. The van der Waals surface area contributed by atoms with Gasteiger partial charge >= 0.3 is 0 Å². The topological polar surface area (TPSA) is 47.3 Å². The molecule has 0 saturated carbocycles. The normalized spacial score (nSPS) is 18.4. The molecule has 1 aliphatic heterocycles. The van der Waals surface area contributed by atoms with E-state index in [0.29, 0.717) is 12.0 Å². The van der Waals surface area contributed by atoms with Gasteiger partial charge in [0.05, 0.1) is 0 Å². The van der Waals surface area contributed by atoms with E-state index in [1.165, 1.54) is 11.1 Å². The Hall–Kier alpha value is -0.900. The summed E-state index contributed by atoms with van der Waals surface area (Å²) < 4.78 is 5.44. The van der Waals surface area contributed by atoms with Gasteiger partial charge in [-0.25, -0.2) is 0 Å². The zero-order valence-corrected chi connectivity index (χ0v) is 12.0. The van der Waals surface area contributed by atoms with Crippen molar-refractivity contribution in [3.63, 3.8) is 0 Å². The Morgan fingerprint density at radius 1 is 1.21 bits per heavy atom. The molecule has 19 heavy (non-hydrogen) atoms. The number of nitrogens with two attached hydrogens (primary N) is 1. The third-order valence-electron chi connectivity index (χ3n) is 4.10. The Labute approximate surface area is 116 Å². The van der Waals surface area contributed by atoms with Crippen LogP contribution in [0.4, 0.5) is 0 Å². The van der Waals surface area contributed by atoms with Crippen molar-refractivity contribution in [2.45, 2.75) is 32.7 Å². The number of hydrogen-bond acceptors (Lipinski definition) is 3. The molecular formula is C16H26N2O. The summed E-state index contributed by atoms with van der Waals surface area (Å²) in [5, 5.41) is 3.61. The molecule has 2 rings (SSSR count). The standard InChI is InChI=1S/C16H26N2O/c1-16(7-10-19-11-8-16)13-18-12-15-5-3-2-4-14(15)6-9-17/h2-5,18H,6-13,17H2,1H3. The first-order chi connectivity index (χ1) is 9.23. The average molecular weight is 262 g/mol. The molecule has 1 aliphatic rings. The van der Waals surface area contributed by atoms with Gasteiger partial charge in [0.15, 0.2) is 0 Å². The lowest BCUT2D eigenvalue weighted by atomic mass is 9.82. The van der Waals surface area contributed by atoms with Gasteiger partial charge in [-0.15, -0.1) is 0 Å². The summed E-state index contributed by atoms with van der Waals surface area (Å²) in [7, 11) is 0. The number of nitrogens with one attached hydrogen (secondary N) is 1. The predicted molar refractivity (Wildman–Crippen MR) is 79.1 cm³/mol. The molecular weight excluding hydrogens is 236 g/mol. The smallest absolute Gasteiger partial charge is 0.0471 e. The lowest BCUT2D eigenvalue weighted by Crippen LogP contribution is -2.36. The summed E-state index contributed by atoms with van der Waals surface area (Å²) in [6.07, 6.45) is 3.28. The van der Waals surface area contributed by atoms with Crippen molar-refractivity contribution in [2.24, 2.45) is 11.1 Å². The first-order valence-electron chi connectivity index (χ1n) is 7.29. The minimum absolute atomic E-state index is 0.390. The molecule has 3 nitrogen and oxygen atoms in total. The van der Waals surface area contributed by atoms with E-state index >= 15 is 0 Å². The summed E-state index contributed by atoms with van der Waals surface area (Å²) >= 11 is 0. The van der Waals surface area contributed by atoms with Crippen LogP contribution < -0.4 is 11.1 Å². The molecule has 3 heteroatoms. The molecule has 3 N–H and O–H groups in total. The first-order valence-corrected chi connectivity index (χ1v) is 7.29. The zero-order valence-electron chi connectivity index (χ0n) is 12.0. The molecule has 0 atom stereocenters. The van der Waals surface area contributed by atoms with Crippen LogP contribution in [0.15, 0.2) is 24.3 Å². The summed E-state index contributed by atoms with van der Waals surface area (Å²) in [6.45, 7) is 6.88. The molecule has 0 radical (unpaired) electrons. The van der Waals surface area contributed by atoms with Crippen LogP contribution in [0, 0.1) is 5.41 Å². The van der Waals surface area contributed by atoms with Crippen molar-refractivity contribution in [1.82, 2.24) is 5.32 Å². The van der Waals surface area contributed by atoms with E-state index in [1.54, 1.807) is 0 Å². The highest BCUT2D eigenvalue weighted by atomic mass is 16.5. The zero-order chi connectivity index (χ0) is 13.6. The quantitative estimate of drug-likeness (QED) is 0.825. The Morgan fingerprint density at radius 2 is 1.89 bits per heavy atom. The molecule has 1 heterocycles. The van der Waals surface area contributed by atoms with Crippen molar-refractivity contribution >= 4 is 0 Å². The van der Waals surface area contributed by atoms with Crippen LogP contribution >= 0.6 is 0 Å². The predicted octanol–water partition coefficient (Wildman–Crippen LogP) is 2.09. The second-order valence-corrected chi connectivity index (χ2v) is 5.83. The summed E-state index contributed by atoms with van der Waals surface area (Å²) in [4.78, 5) is 0. The van der Waals surface area contributed by atoms with E-state index in [0.717, 1.165) is 45.6 Å². The molecule has 0 spiro atoms. The Morgan fingerprint density at radius 3 is 2.58 bits per heavy atom. The monoisotopic (exact) mass is 262 g/mol. The molecule has 1 aromatic rings. The van der Waals surface area contributed by atoms with Gasteiger partial charge in [-0.2, -0.15) is 0 Å². The number of benzene rings is 1. The minimum atomic E-state index is 0.390. The van der Waals surface area contributed by atoms with Gasteiger partial charge < -0.3 is 15.8 Å². The van der Waals surface area contributed by atoms with Crippen LogP contribution in [0.3, 0.4) is 0 Å². The summed E-state index contributed by atoms with van der Waals surface area (Å²) in [5.74, 6) is 0. The molecule has 106 valence electrons. The van der Waals surface area contributed by atoms with Gasteiger partial charge in [-0.05, 0) is 42.3 Å². The molecule has 0 aliphatic carbocycles. The summed E-state index contributed by atoms with van der Waals surface area (Å²) in [5.41, 5.74) is 8.80. The van der Waals surface area contributed by atoms with Crippen molar-refractivity contribution in [1.29, 1.82) is 0 Å². The minimum Gasteiger partial charge on any atom is -0.381 e. The van der Waals surface area contributed by atoms with Crippen LogP contribution in [0.2, 0.25) is 0 Å². The second kappa shape index (κ2) is 7.04. The van der Waals surface area contributed by atoms with E-state index in [9.17, 15) is 0 Å². The van der Waals surface area contributed by atoms with Crippen molar-refractivity contribution in [3.8, 4) is 0 Å². The van der Waals surface area contributed by atoms with Gasteiger partial charge in [0.2, 0.25) is 0 Å². The highest BCUT2D eigenvalue weighted by Gasteiger charge is 2.26. The highest BCUT2D eigenvalue weighted by Crippen LogP contribution is 2.28. The van der Waals surface area contributed by atoms with E-state index in [2.05, 4.69) is 36.5 Å². The third kappa shape index (κ3) is 4.30. The molecule has 0 unspecified atom stereocenters. The van der Waals surface area contributed by atoms with Gasteiger partial charge in [0.25, 0.3) is 0 Å². The van der Waals surface area contributed by atoms with Crippen molar-refractivity contribution in [2.75, 3.05) is 26.3 Å². The lowest BCUT2D eigenvalue weighted by molar-refractivity contribution is 0.0240. The van der Waals surface area contributed by atoms with Crippen LogP contribution in [0.5, 0.6) is 0 Å². The molecule has 1 fully saturated rings.